The van der Waals surface area contributed by atoms with Gasteiger partial charge in [-0.15, -0.1) is 0 Å². The molecule has 0 aliphatic rings. The van der Waals surface area contributed by atoms with Gasteiger partial charge in [0, 0.05) is 20.7 Å². The number of hydrogen-bond donors (Lipinski definition) is 2. The SMILES string of the molecule is C/C(=N/NC(=O)CN(c1cccc(Br)c1)S(=O)(=O)c1ccc(C)cc1)c1cccc(NC(=O)c2cccc(Cl)c2)c1. The van der Waals surface area contributed by atoms with E-state index < -0.39 is 22.5 Å². The molecule has 0 aliphatic carbocycles. The minimum absolute atomic E-state index is 0.0622. The second kappa shape index (κ2) is 13.1. The summed E-state index contributed by atoms with van der Waals surface area (Å²) >= 11 is 9.35. The van der Waals surface area contributed by atoms with Crippen molar-refractivity contribution in [2.75, 3.05) is 16.2 Å². The van der Waals surface area contributed by atoms with E-state index in [-0.39, 0.29) is 10.8 Å². The number of rotatable bonds is 9. The third-order valence-corrected chi connectivity index (χ3v) is 8.48. The van der Waals surface area contributed by atoms with Crippen LogP contribution in [0.5, 0.6) is 0 Å². The summed E-state index contributed by atoms with van der Waals surface area (Å²) in [5, 5.41) is 7.44. The van der Waals surface area contributed by atoms with E-state index in [1.165, 1.54) is 12.1 Å². The zero-order valence-corrected chi connectivity index (χ0v) is 25.3. The van der Waals surface area contributed by atoms with Crippen molar-refractivity contribution in [1.29, 1.82) is 0 Å². The molecule has 2 amide bonds. The Morgan fingerprint density at radius 1 is 0.902 bits per heavy atom. The van der Waals surface area contributed by atoms with Gasteiger partial charge < -0.3 is 5.32 Å². The average molecular weight is 654 g/mol. The number of carbonyl (C=O) groups is 2. The predicted octanol–water partition coefficient (Wildman–Crippen LogP) is 6.40. The molecule has 0 aromatic heterocycles. The highest BCUT2D eigenvalue weighted by molar-refractivity contribution is 9.10. The van der Waals surface area contributed by atoms with E-state index in [4.69, 9.17) is 11.6 Å². The fourth-order valence-corrected chi connectivity index (χ4v) is 5.81. The largest absolute Gasteiger partial charge is 0.322 e. The first-order chi connectivity index (χ1) is 19.5. The van der Waals surface area contributed by atoms with Crippen molar-refractivity contribution in [2.24, 2.45) is 5.10 Å². The van der Waals surface area contributed by atoms with Gasteiger partial charge in [-0.1, -0.05) is 69.5 Å². The van der Waals surface area contributed by atoms with Crippen LogP contribution in [0.25, 0.3) is 0 Å². The van der Waals surface area contributed by atoms with E-state index in [1.54, 1.807) is 91.9 Å². The normalized spacial score (nSPS) is 11.6. The molecule has 0 heterocycles. The van der Waals surface area contributed by atoms with Gasteiger partial charge in [0.15, 0.2) is 0 Å². The van der Waals surface area contributed by atoms with Gasteiger partial charge in [-0.25, -0.2) is 13.8 Å². The molecule has 0 atom stereocenters. The van der Waals surface area contributed by atoms with Crippen molar-refractivity contribution >= 4 is 66.5 Å². The number of hydrogen-bond acceptors (Lipinski definition) is 5. The summed E-state index contributed by atoms with van der Waals surface area (Å²) in [7, 11) is -4.06. The third-order valence-electron chi connectivity index (χ3n) is 5.97. The average Bonchev–Trinajstić information content (AvgIpc) is 2.95. The topological polar surface area (TPSA) is 108 Å². The summed E-state index contributed by atoms with van der Waals surface area (Å²) in [4.78, 5) is 25.6. The fraction of sp³-hybridized carbons (Fsp3) is 0.100. The predicted molar refractivity (Wildman–Crippen MR) is 166 cm³/mol. The van der Waals surface area contributed by atoms with Crippen molar-refractivity contribution < 1.29 is 18.0 Å². The second-order valence-corrected chi connectivity index (χ2v) is 12.3. The molecular weight excluding hydrogens is 628 g/mol. The van der Waals surface area contributed by atoms with Crippen LogP contribution in [0.3, 0.4) is 0 Å². The molecule has 0 saturated heterocycles. The highest BCUT2D eigenvalue weighted by Gasteiger charge is 2.27. The molecule has 4 rings (SSSR count). The minimum atomic E-state index is -4.06. The van der Waals surface area contributed by atoms with Crippen molar-refractivity contribution in [3.63, 3.8) is 0 Å². The molecule has 11 heteroatoms. The summed E-state index contributed by atoms with van der Waals surface area (Å²) in [6.45, 7) is 3.05. The van der Waals surface area contributed by atoms with E-state index in [1.807, 2.05) is 6.92 Å². The highest BCUT2D eigenvalue weighted by atomic mass is 79.9. The Kier molecular flexibility index (Phi) is 9.59. The van der Waals surface area contributed by atoms with Crippen molar-refractivity contribution in [1.82, 2.24) is 5.43 Å². The van der Waals surface area contributed by atoms with Gasteiger partial charge in [-0.3, -0.25) is 13.9 Å². The van der Waals surface area contributed by atoms with E-state index in [2.05, 4.69) is 31.8 Å². The first-order valence-corrected chi connectivity index (χ1v) is 15.0. The van der Waals surface area contributed by atoms with Gasteiger partial charge in [0.25, 0.3) is 21.8 Å². The maximum Gasteiger partial charge on any atom is 0.264 e. The molecule has 2 N–H and O–H groups in total. The smallest absolute Gasteiger partial charge is 0.264 e. The van der Waals surface area contributed by atoms with Crippen molar-refractivity contribution in [2.45, 2.75) is 18.7 Å². The number of sulfonamides is 1. The number of aryl methyl sites for hydroxylation is 1. The lowest BCUT2D eigenvalue weighted by Crippen LogP contribution is -2.39. The van der Waals surface area contributed by atoms with Crippen molar-refractivity contribution in [3.8, 4) is 0 Å². The van der Waals surface area contributed by atoms with Crippen LogP contribution >= 0.6 is 27.5 Å². The molecule has 0 unspecified atom stereocenters. The number of benzene rings is 4. The Morgan fingerprint density at radius 3 is 2.29 bits per heavy atom. The molecule has 0 saturated carbocycles. The number of carbonyl (C=O) groups excluding carboxylic acids is 2. The first kappa shape index (κ1) is 30.0. The number of anilines is 2. The number of amides is 2. The number of hydrazone groups is 1. The van der Waals surface area contributed by atoms with E-state index in [0.29, 0.717) is 37.7 Å². The van der Waals surface area contributed by atoms with Crippen molar-refractivity contribution in [3.05, 3.63) is 123 Å². The van der Waals surface area contributed by atoms with Gasteiger partial charge in [0.1, 0.15) is 6.54 Å². The quantitative estimate of drug-likeness (QED) is 0.161. The maximum atomic E-state index is 13.6. The summed E-state index contributed by atoms with van der Waals surface area (Å²) in [5.41, 5.74) is 5.71. The molecule has 0 radical (unpaired) electrons. The standard InChI is InChI=1S/C30H26BrClN4O4S/c1-20-12-14-28(15-13-20)41(39,40)36(27-11-5-8-24(31)18-27)19-29(37)35-34-21(2)22-6-4-10-26(17-22)33-30(38)23-7-3-9-25(32)16-23/h3-18H,19H2,1-2H3,(H,33,38)(H,35,37)/b34-21-. The van der Waals surface area contributed by atoms with Crippen LogP contribution in [-0.2, 0) is 14.8 Å². The van der Waals surface area contributed by atoms with Gasteiger partial charge >= 0.3 is 0 Å². The Hall–Kier alpha value is -3.99. The molecule has 0 aliphatic heterocycles. The van der Waals surface area contributed by atoms with Crippen LogP contribution in [-0.4, -0.2) is 32.5 Å². The summed E-state index contributed by atoms with van der Waals surface area (Å²) in [6, 6.07) is 26.7. The Balaban J connectivity index is 1.50. The number of halogens is 2. The Morgan fingerprint density at radius 2 is 1.59 bits per heavy atom. The Labute approximate surface area is 252 Å². The summed E-state index contributed by atoms with van der Waals surface area (Å²) in [6.07, 6.45) is 0. The molecule has 210 valence electrons. The molecule has 4 aromatic carbocycles. The van der Waals surface area contributed by atoms with Crippen LogP contribution < -0.4 is 15.0 Å². The Bertz CT molecular complexity index is 1730. The zero-order chi connectivity index (χ0) is 29.6. The molecular formula is C30H26BrClN4O4S. The number of nitrogens with zero attached hydrogens (tertiary/aromatic N) is 2. The van der Waals surface area contributed by atoms with Gasteiger partial charge in [0.2, 0.25) is 0 Å². The van der Waals surface area contributed by atoms with Gasteiger partial charge in [-0.05, 0) is 80.1 Å². The molecule has 0 fully saturated rings. The summed E-state index contributed by atoms with van der Waals surface area (Å²) in [5.74, 6) is -0.958. The molecule has 0 spiro atoms. The van der Waals surface area contributed by atoms with E-state index in [0.717, 1.165) is 9.87 Å². The van der Waals surface area contributed by atoms with E-state index in [9.17, 15) is 18.0 Å². The second-order valence-electron chi connectivity index (χ2n) is 9.08. The third kappa shape index (κ3) is 7.81. The monoisotopic (exact) mass is 652 g/mol. The van der Waals surface area contributed by atoms with Crippen LogP contribution in [0.15, 0.2) is 112 Å². The lowest BCUT2D eigenvalue weighted by Gasteiger charge is -2.24. The highest BCUT2D eigenvalue weighted by Crippen LogP contribution is 2.26. The van der Waals surface area contributed by atoms with Crippen LogP contribution in [0, 0.1) is 6.92 Å². The molecule has 0 bridgehead atoms. The van der Waals surface area contributed by atoms with Crippen LogP contribution in [0.4, 0.5) is 11.4 Å². The fourth-order valence-electron chi connectivity index (χ4n) is 3.82. The molecule has 41 heavy (non-hydrogen) atoms. The van der Waals surface area contributed by atoms with Gasteiger partial charge in [0.05, 0.1) is 16.3 Å². The maximum absolute atomic E-state index is 13.6. The lowest BCUT2D eigenvalue weighted by atomic mass is 10.1. The van der Waals surface area contributed by atoms with E-state index >= 15 is 0 Å². The zero-order valence-electron chi connectivity index (χ0n) is 22.1. The van der Waals surface area contributed by atoms with Crippen LogP contribution in [0.1, 0.15) is 28.4 Å². The van der Waals surface area contributed by atoms with Crippen LogP contribution in [0.2, 0.25) is 5.02 Å². The summed E-state index contributed by atoms with van der Waals surface area (Å²) < 4.78 is 28.8. The molecule has 8 nitrogen and oxygen atoms in total. The lowest BCUT2D eigenvalue weighted by molar-refractivity contribution is -0.119. The van der Waals surface area contributed by atoms with Gasteiger partial charge in [-0.2, -0.15) is 5.10 Å². The number of nitrogens with one attached hydrogen (secondary N) is 2. The minimum Gasteiger partial charge on any atom is -0.322 e. The molecule has 4 aromatic rings. The first-order valence-electron chi connectivity index (χ1n) is 12.4.